The molecule has 0 spiro atoms. The Morgan fingerprint density at radius 2 is 2.00 bits per heavy atom. The maximum atomic E-state index is 11.7. The summed E-state index contributed by atoms with van der Waals surface area (Å²) in [6.45, 7) is -0.239. The molecule has 0 radical (unpaired) electrons. The van der Waals surface area contributed by atoms with Gasteiger partial charge in [0.2, 0.25) is 0 Å². The molecule has 1 aliphatic heterocycles. The van der Waals surface area contributed by atoms with E-state index in [1.54, 1.807) is 18.2 Å². The smallest absolute Gasteiger partial charge is 0.263 e. The number of carbonyl (C=O) groups is 2. The molecule has 5 heteroatoms. The van der Waals surface area contributed by atoms with E-state index < -0.39 is 11.8 Å². The quantitative estimate of drug-likeness (QED) is 0.521. The highest BCUT2D eigenvalue weighted by Gasteiger charge is 2.36. The summed E-state index contributed by atoms with van der Waals surface area (Å²) in [5.74, 6) is -0.821. The minimum Gasteiger partial charge on any atom is -0.398 e. The molecule has 3 N–H and O–H groups in total. The molecular weight excluding hydrogens is 196 g/mol. The van der Waals surface area contributed by atoms with E-state index in [0.29, 0.717) is 11.3 Å². The molecular formula is C10H10N2O3. The van der Waals surface area contributed by atoms with Crippen molar-refractivity contribution in [2.45, 2.75) is 0 Å². The van der Waals surface area contributed by atoms with Crippen LogP contribution in [0.25, 0.3) is 0 Å². The largest absolute Gasteiger partial charge is 0.398 e. The first-order valence-corrected chi connectivity index (χ1v) is 4.52. The van der Waals surface area contributed by atoms with Crippen molar-refractivity contribution in [2.75, 3.05) is 18.9 Å². The van der Waals surface area contributed by atoms with Crippen LogP contribution in [0.1, 0.15) is 20.7 Å². The van der Waals surface area contributed by atoms with E-state index in [-0.39, 0.29) is 18.7 Å². The van der Waals surface area contributed by atoms with Crippen molar-refractivity contribution in [3.63, 3.8) is 0 Å². The predicted octanol–water partition coefficient (Wildman–Crippen LogP) is -0.143. The number of hydrogen-bond acceptors (Lipinski definition) is 4. The maximum absolute atomic E-state index is 11.7. The summed E-state index contributed by atoms with van der Waals surface area (Å²) in [5.41, 5.74) is 6.48. The highest BCUT2D eigenvalue weighted by atomic mass is 16.3. The number of rotatable bonds is 2. The summed E-state index contributed by atoms with van der Waals surface area (Å²) < 4.78 is 0. The molecule has 0 fully saturated rings. The van der Waals surface area contributed by atoms with Gasteiger partial charge in [-0.1, -0.05) is 6.07 Å². The average Bonchev–Trinajstić information content (AvgIpc) is 2.45. The molecule has 1 heterocycles. The van der Waals surface area contributed by atoms with Crippen LogP contribution in [0.2, 0.25) is 0 Å². The number of carbonyl (C=O) groups excluding carboxylic acids is 2. The lowest BCUT2D eigenvalue weighted by Crippen LogP contribution is -2.32. The summed E-state index contributed by atoms with van der Waals surface area (Å²) in [4.78, 5) is 24.4. The Morgan fingerprint density at radius 1 is 1.27 bits per heavy atom. The zero-order valence-corrected chi connectivity index (χ0v) is 7.93. The fourth-order valence-corrected chi connectivity index (χ4v) is 1.66. The van der Waals surface area contributed by atoms with Crippen molar-refractivity contribution in [1.29, 1.82) is 0 Å². The number of β-amino-alcohol motifs (C(OH)–C–C–N with tert-alkyl or cyclic N) is 1. The number of nitrogen functional groups attached to an aromatic ring is 1. The zero-order chi connectivity index (χ0) is 11.0. The minimum absolute atomic E-state index is 0.00574. The van der Waals surface area contributed by atoms with Gasteiger partial charge in [-0.05, 0) is 12.1 Å². The van der Waals surface area contributed by atoms with Crippen LogP contribution in [-0.2, 0) is 0 Å². The normalized spacial score (nSPS) is 14.6. The van der Waals surface area contributed by atoms with E-state index in [2.05, 4.69) is 0 Å². The van der Waals surface area contributed by atoms with Crippen molar-refractivity contribution in [3.05, 3.63) is 29.3 Å². The molecule has 0 bridgehead atoms. The van der Waals surface area contributed by atoms with Gasteiger partial charge < -0.3 is 10.8 Å². The SMILES string of the molecule is Nc1cccc2c1C(=O)N(CCO)C2=O. The first-order chi connectivity index (χ1) is 7.16. The molecule has 5 nitrogen and oxygen atoms in total. The summed E-state index contributed by atoms with van der Waals surface area (Å²) in [5, 5.41) is 8.73. The van der Waals surface area contributed by atoms with Crippen molar-refractivity contribution in [2.24, 2.45) is 0 Å². The topological polar surface area (TPSA) is 83.6 Å². The average molecular weight is 206 g/mol. The van der Waals surface area contributed by atoms with Crippen LogP contribution >= 0.6 is 0 Å². The number of nitrogens with two attached hydrogens (primary N) is 1. The molecule has 1 aromatic carbocycles. The van der Waals surface area contributed by atoms with Gasteiger partial charge in [0.15, 0.2) is 0 Å². The molecule has 15 heavy (non-hydrogen) atoms. The molecule has 2 rings (SSSR count). The van der Waals surface area contributed by atoms with Crippen molar-refractivity contribution in [3.8, 4) is 0 Å². The van der Waals surface area contributed by atoms with Gasteiger partial charge in [0, 0.05) is 5.69 Å². The molecule has 0 aromatic heterocycles. The Bertz CT molecular complexity index is 442. The van der Waals surface area contributed by atoms with E-state index >= 15 is 0 Å². The number of nitrogens with zero attached hydrogens (tertiary/aromatic N) is 1. The van der Waals surface area contributed by atoms with Gasteiger partial charge in [0.1, 0.15) is 0 Å². The standard InChI is InChI=1S/C10H10N2O3/c11-7-3-1-2-6-8(7)10(15)12(4-5-13)9(6)14/h1-3,13H,4-5,11H2. The van der Waals surface area contributed by atoms with Crippen molar-refractivity contribution in [1.82, 2.24) is 4.90 Å². The highest BCUT2D eigenvalue weighted by molar-refractivity contribution is 6.23. The van der Waals surface area contributed by atoms with Crippen LogP contribution in [0, 0.1) is 0 Å². The summed E-state index contributed by atoms with van der Waals surface area (Å²) in [6, 6.07) is 4.76. The minimum atomic E-state index is -0.429. The van der Waals surface area contributed by atoms with Crippen LogP contribution in [0.15, 0.2) is 18.2 Å². The van der Waals surface area contributed by atoms with Gasteiger partial charge in [-0.3, -0.25) is 14.5 Å². The number of imide groups is 1. The Hall–Kier alpha value is -1.88. The number of aliphatic hydroxyl groups is 1. The van der Waals surface area contributed by atoms with Crippen LogP contribution in [0.4, 0.5) is 5.69 Å². The molecule has 0 saturated carbocycles. The lowest BCUT2D eigenvalue weighted by atomic mass is 10.1. The van der Waals surface area contributed by atoms with Crippen LogP contribution < -0.4 is 5.73 Å². The van der Waals surface area contributed by atoms with E-state index in [1.165, 1.54) is 0 Å². The molecule has 2 amide bonds. The first-order valence-electron chi connectivity index (χ1n) is 4.52. The third-order valence-corrected chi connectivity index (χ3v) is 2.35. The molecule has 1 aliphatic rings. The third kappa shape index (κ3) is 1.28. The maximum Gasteiger partial charge on any atom is 0.263 e. The second-order valence-electron chi connectivity index (χ2n) is 3.26. The Labute approximate surface area is 86.1 Å². The Morgan fingerprint density at radius 3 is 2.60 bits per heavy atom. The molecule has 1 aromatic rings. The number of amides is 2. The Balaban J connectivity index is 2.51. The first kappa shape index (κ1) is 9.67. The monoisotopic (exact) mass is 206 g/mol. The predicted molar refractivity (Wildman–Crippen MR) is 53.3 cm³/mol. The van der Waals surface area contributed by atoms with Crippen molar-refractivity contribution >= 4 is 17.5 Å². The third-order valence-electron chi connectivity index (χ3n) is 2.35. The van der Waals surface area contributed by atoms with Crippen LogP contribution in [0.5, 0.6) is 0 Å². The zero-order valence-electron chi connectivity index (χ0n) is 7.93. The van der Waals surface area contributed by atoms with E-state index in [4.69, 9.17) is 10.8 Å². The summed E-state index contributed by atoms with van der Waals surface area (Å²) >= 11 is 0. The summed E-state index contributed by atoms with van der Waals surface area (Å²) in [7, 11) is 0. The van der Waals surface area contributed by atoms with Crippen LogP contribution in [0.3, 0.4) is 0 Å². The molecule has 0 atom stereocenters. The second-order valence-corrected chi connectivity index (χ2v) is 3.26. The number of anilines is 1. The number of benzene rings is 1. The van der Waals surface area contributed by atoms with E-state index in [0.717, 1.165) is 4.90 Å². The number of hydrogen-bond donors (Lipinski definition) is 2. The number of aliphatic hydroxyl groups excluding tert-OH is 1. The molecule has 0 saturated heterocycles. The van der Waals surface area contributed by atoms with Crippen molar-refractivity contribution < 1.29 is 14.7 Å². The lowest BCUT2D eigenvalue weighted by Gasteiger charge is -2.10. The van der Waals surface area contributed by atoms with Gasteiger partial charge in [0.25, 0.3) is 11.8 Å². The van der Waals surface area contributed by atoms with E-state index in [9.17, 15) is 9.59 Å². The van der Waals surface area contributed by atoms with Gasteiger partial charge in [-0.15, -0.1) is 0 Å². The molecule has 78 valence electrons. The van der Waals surface area contributed by atoms with Gasteiger partial charge >= 0.3 is 0 Å². The fraction of sp³-hybridized carbons (Fsp3) is 0.200. The Kier molecular flexibility index (Phi) is 2.17. The lowest BCUT2D eigenvalue weighted by molar-refractivity contribution is 0.0624. The summed E-state index contributed by atoms with van der Waals surface area (Å²) in [6.07, 6.45) is 0. The van der Waals surface area contributed by atoms with Crippen LogP contribution in [-0.4, -0.2) is 35.0 Å². The highest BCUT2D eigenvalue weighted by Crippen LogP contribution is 2.26. The fourth-order valence-electron chi connectivity index (χ4n) is 1.66. The molecule has 0 aliphatic carbocycles. The van der Waals surface area contributed by atoms with E-state index in [1.807, 2.05) is 0 Å². The van der Waals surface area contributed by atoms with Gasteiger partial charge in [-0.25, -0.2) is 0 Å². The van der Waals surface area contributed by atoms with Gasteiger partial charge in [0.05, 0.1) is 24.3 Å². The second kappa shape index (κ2) is 3.36. The molecule has 0 unspecified atom stereocenters. The number of fused-ring (bicyclic) bond motifs is 1. The van der Waals surface area contributed by atoms with Gasteiger partial charge in [-0.2, -0.15) is 0 Å².